The van der Waals surface area contributed by atoms with Crippen LogP contribution in [-0.2, 0) is 18.9 Å². The van der Waals surface area contributed by atoms with Crippen molar-refractivity contribution in [3.63, 3.8) is 0 Å². The highest BCUT2D eigenvalue weighted by Crippen LogP contribution is 2.26. The smallest absolute Gasteiger partial charge is 0.357 e. The van der Waals surface area contributed by atoms with Gasteiger partial charge in [-0.05, 0) is 64.8 Å². The zero-order valence-electron chi connectivity index (χ0n) is 25.3. The fourth-order valence-corrected chi connectivity index (χ4v) is 4.47. The van der Waals surface area contributed by atoms with Gasteiger partial charge < -0.3 is 24.8 Å². The molecular weight excluding hydrogens is 576 g/mol. The molecule has 1 aliphatic heterocycles. The lowest BCUT2D eigenvalue weighted by Crippen LogP contribution is -2.41. The molecule has 2 amide bonds. The molecule has 0 atom stereocenters. The quantitative estimate of drug-likeness (QED) is 0.163. The number of esters is 4. The highest BCUT2D eigenvalue weighted by atomic mass is 16.5. The third-order valence-corrected chi connectivity index (χ3v) is 6.44. The summed E-state index contributed by atoms with van der Waals surface area (Å²) >= 11 is 0. The number of ether oxygens (including phenoxy) is 4. The van der Waals surface area contributed by atoms with Gasteiger partial charge in [0.2, 0.25) is 0 Å². The van der Waals surface area contributed by atoms with Crippen LogP contribution in [0.25, 0.3) is 0 Å². The first-order chi connectivity index (χ1) is 20.9. The summed E-state index contributed by atoms with van der Waals surface area (Å²) in [6, 6.07) is 6.35. The van der Waals surface area contributed by atoms with Crippen LogP contribution in [0.1, 0.15) is 101 Å². The van der Waals surface area contributed by atoms with E-state index in [4.69, 9.17) is 24.8 Å². The summed E-state index contributed by atoms with van der Waals surface area (Å²) in [6.45, 7) is 10.6. The van der Waals surface area contributed by atoms with E-state index in [9.17, 15) is 28.8 Å². The van der Waals surface area contributed by atoms with Crippen molar-refractivity contribution < 1.29 is 47.7 Å². The molecular formula is C30H34N4O10. The van der Waals surface area contributed by atoms with E-state index < -0.39 is 35.7 Å². The van der Waals surface area contributed by atoms with Gasteiger partial charge in [0.15, 0.2) is 11.4 Å². The van der Waals surface area contributed by atoms with E-state index in [2.05, 4.69) is 0 Å². The zero-order valence-corrected chi connectivity index (χ0v) is 25.3. The molecule has 1 aromatic carbocycles. The highest BCUT2D eigenvalue weighted by Gasteiger charge is 2.40. The van der Waals surface area contributed by atoms with Crippen molar-refractivity contribution in [3.05, 3.63) is 81.4 Å². The number of amides is 2. The predicted octanol–water partition coefficient (Wildman–Crippen LogP) is 2.95. The Kier molecular flexibility index (Phi) is 10.7. The predicted molar refractivity (Wildman–Crippen MR) is 156 cm³/mol. The second-order valence-corrected chi connectivity index (χ2v) is 9.13. The fraction of sp³-hybridized carbons (Fsp3) is 0.333. The Morgan fingerprint density at radius 1 is 0.636 bits per heavy atom. The van der Waals surface area contributed by atoms with Crippen LogP contribution < -0.4 is 10.9 Å². The summed E-state index contributed by atoms with van der Waals surface area (Å²) in [5.41, 5.74) is 1.62. The number of imide groups is 1. The number of nitrogen functional groups attached to an aromatic ring is 1. The molecule has 234 valence electrons. The summed E-state index contributed by atoms with van der Waals surface area (Å²) in [4.78, 5) is 73.4. The van der Waals surface area contributed by atoms with Crippen LogP contribution >= 0.6 is 0 Å². The van der Waals surface area contributed by atoms with Crippen LogP contribution in [0, 0.1) is 13.8 Å². The molecule has 0 radical (unpaired) electrons. The number of hydrogen-bond donors (Lipinski definition) is 1. The molecule has 1 aliphatic rings. The topological polar surface area (TPSA) is 178 Å². The molecule has 0 saturated carbocycles. The molecule has 0 saturated heterocycles. The first-order valence-corrected chi connectivity index (χ1v) is 13.8. The number of fused-ring (bicyclic) bond motifs is 1. The van der Waals surface area contributed by atoms with Crippen molar-refractivity contribution in [3.8, 4) is 0 Å². The summed E-state index contributed by atoms with van der Waals surface area (Å²) in [5.74, 6) is 1.98. The Hall–Kier alpha value is -5.40. The lowest BCUT2D eigenvalue weighted by atomic mass is 10.1. The van der Waals surface area contributed by atoms with E-state index in [0.717, 1.165) is 14.4 Å². The van der Waals surface area contributed by atoms with Crippen molar-refractivity contribution in [2.45, 2.75) is 41.5 Å². The molecule has 0 bridgehead atoms. The fourth-order valence-electron chi connectivity index (χ4n) is 4.47. The Labute approximate surface area is 253 Å². The lowest BCUT2D eigenvalue weighted by Gasteiger charge is -2.18. The van der Waals surface area contributed by atoms with Crippen LogP contribution in [0.3, 0.4) is 0 Å². The minimum absolute atomic E-state index is 0.0746. The maximum Gasteiger partial charge on any atom is 0.357 e. The van der Waals surface area contributed by atoms with Crippen LogP contribution in [0.4, 0.5) is 0 Å². The molecule has 2 aromatic heterocycles. The Morgan fingerprint density at radius 2 is 1.02 bits per heavy atom. The molecule has 44 heavy (non-hydrogen) atoms. The van der Waals surface area contributed by atoms with Crippen LogP contribution in [-0.4, -0.2) is 71.5 Å². The first-order valence-electron chi connectivity index (χ1n) is 13.8. The van der Waals surface area contributed by atoms with E-state index >= 15 is 0 Å². The van der Waals surface area contributed by atoms with E-state index in [1.165, 1.54) is 31.5 Å². The normalized spacial score (nSPS) is 11.8. The molecule has 3 heterocycles. The van der Waals surface area contributed by atoms with Crippen molar-refractivity contribution >= 4 is 35.7 Å². The maximum absolute atomic E-state index is 12.8. The molecule has 3 aromatic rings. The van der Waals surface area contributed by atoms with Crippen molar-refractivity contribution in [2.24, 2.45) is 0 Å². The van der Waals surface area contributed by atoms with Gasteiger partial charge in [0.25, 0.3) is 11.8 Å². The number of rotatable bonds is 9. The number of aromatic nitrogens is 2. The number of nitrogens with zero attached hydrogens (tertiary/aromatic N) is 3. The second kappa shape index (κ2) is 14.2. The Balaban J connectivity index is 0.000000269. The van der Waals surface area contributed by atoms with Crippen molar-refractivity contribution in [2.75, 3.05) is 37.3 Å². The number of carbonyl (C=O) groups is 6. The molecule has 14 nitrogen and oxygen atoms in total. The van der Waals surface area contributed by atoms with Gasteiger partial charge in [0, 0.05) is 12.4 Å². The molecule has 0 fully saturated rings. The van der Waals surface area contributed by atoms with Gasteiger partial charge in [-0.1, -0.05) is 12.1 Å². The third kappa shape index (κ3) is 6.33. The SMILES string of the molecule is CCOC(=O)c1cn(N)c(C(=O)OCC)c1C.CCOC(=O)c1cn(N2C(=O)c3ccccc3C2=O)c(C(=O)OCC)c1C. The Bertz CT molecular complexity index is 1580. The summed E-state index contributed by atoms with van der Waals surface area (Å²) < 4.78 is 21.9. The van der Waals surface area contributed by atoms with E-state index in [1.807, 2.05) is 0 Å². The van der Waals surface area contributed by atoms with E-state index in [-0.39, 0.29) is 65.6 Å². The van der Waals surface area contributed by atoms with Crippen LogP contribution in [0.2, 0.25) is 0 Å². The highest BCUT2D eigenvalue weighted by molar-refractivity contribution is 6.31. The molecule has 2 N–H and O–H groups in total. The molecule has 4 rings (SSSR count). The minimum atomic E-state index is -0.748. The number of carbonyl (C=O) groups excluding carboxylic acids is 6. The van der Waals surface area contributed by atoms with E-state index in [0.29, 0.717) is 5.56 Å². The minimum Gasteiger partial charge on any atom is -0.462 e. The molecule has 0 spiro atoms. The molecule has 0 unspecified atom stereocenters. The zero-order chi connectivity index (χ0) is 32.7. The average molecular weight is 611 g/mol. The van der Waals surface area contributed by atoms with Gasteiger partial charge in [-0.25, -0.2) is 23.9 Å². The van der Waals surface area contributed by atoms with Crippen LogP contribution in [0.15, 0.2) is 36.7 Å². The molecule has 14 heteroatoms. The van der Waals surface area contributed by atoms with Gasteiger partial charge >= 0.3 is 23.9 Å². The third-order valence-electron chi connectivity index (χ3n) is 6.44. The summed E-state index contributed by atoms with van der Waals surface area (Å²) in [6.07, 6.45) is 2.61. The largest absolute Gasteiger partial charge is 0.462 e. The van der Waals surface area contributed by atoms with Gasteiger partial charge in [0.05, 0.1) is 48.7 Å². The summed E-state index contributed by atoms with van der Waals surface area (Å²) in [7, 11) is 0. The first kappa shape index (κ1) is 33.1. The molecule has 0 aliphatic carbocycles. The van der Waals surface area contributed by atoms with Gasteiger partial charge in [-0.2, -0.15) is 5.01 Å². The monoisotopic (exact) mass is 610 g/mol. The number of nitrogens with two attached hydrogens (primary N) is 1. The Morgan fingerprint density at radius 3 is 1.48 bits per heavy atom. The number of hydrogen-bond acceptors (Lipinski definition) is 11. The number of benzene rings is 1. The lowest BCUT2D eigenvalue weighted by molar-refractivity contribution is 0.0501. The van der Waals surface area contributed by atoms with Gasteiger partial charge in [0.1, 0.15) is 0 Å². The average Bonchev–Trinajstić information content (AvgIpc) is 3.57. The maximum atomic E-state index is 12.8. The summed E-state index contributed by atoms with van der Waals surface area (Å²) in [5, 5.41) is 0.826. The van der Waals surface area contributed by atoms with Gasteiger partial charge in [-0.3, -0.25) is 14.3 Å². The van der Waals surface area contributed by atoms with E-state index in [1.54, 1.807) is 46.8 Å². The van der Waals surface area contributed by atoms with Gasteiger partial charge in [-0.15, -0.1) is 0 Å². The van der Waals surface area contributed by atoms with Crippen molar-refractivity contribution in [1.82, 2.24) is 9.35 Å². The van der Waals surface area contributed by atoms with Crippen molar-refractivity contribution in [1.29, 1.82) is 0 Å². The second-order valence-electron chi connectivity index (χ2n) is 9.13. The van der Waals surface area contributed by atoms with Crippen LogP contribution in [0.5, 0.6) is 0 Å². The standard InChI is InChI=1S/C19H18N2O6.C11H16N2O4/c1-4-26-18(24)14-10-20(15(11(14)3)19(25)27-5-2)21-16(22)12-8-6-7-9-13(12)17(21)23;1-4-16-10(14)8-6-13(12)9(7(8)3)11(15)17-5-2/h6-10H,4-5H2,1-3H3;6H,4-5,12H2,1-3H3.